The van der Waals surface area contributed by atoms with Gasteiger partial charge in [-0.25, -0.2) is 9.50 Å². The van der Waals surface area contributed by atoms with E-state index in [1.807, 2.05) is 29.3 Å². The van der Waals surface area contributed by atoms with E-state index in [1.54, 1.807) is 6.92 Å². The summed E-state index contributed by atoms with van der Waals surface area (Å²) in [5, 5.41) is 4.84. The Hall–Kier alpha value is -2.12. The summed E-state index contributed by atoms with van der Waals surface area (Å²) in [7, 11) is 0. The Balaban J connectivity index is 1.65. The molecule has 5 nitrogen and oxygen atoms in total. The van der Waals surface area contributed by atoms with Crippen LogP contribution >= 0.6 is 0 Å². The molecule has 3 heterocycles. The number of fused-ring (bicyclic) bond motifs is 1. The molecular weight excluding hydrogens is 393 g/mol. The summed E-state index contributed by atoms with van der Waals surface area (Å²) in [6.07, 6.45) is -0.841. The summed E-state index contributed by atoms with van der Waals surface area (Å²) >= 11 is 0. The topological polar surface area (TPSA) is 50.5 Å². The number of halogens is 3. The quantitative estimate of drug-likeness (QED) is 0.691. The van der Waals surface area contributed by atoms with Crippen molar-refractivity contribution in [2.24, 2.45) is 5.92 Å². The molecule has 1 saturated carbocycles. The van der Waals surface area contributed by atoms with Crippen molar-refractivity contribution in [1.29, 1.82) is 0 Å². The van der Waals surface area contributed by atoms with Crippen molar-refractivity contribution in [3.05, 3.63) is 28.7 Å². The molecular formula is C22H29F3N4O. The summed E-state index contributed by atoms with van der Waals surface area (Å²) in [5.74, 6) is -0.884. The smallest absolute Gasteiger partial charge is 0.342 e. The van der Waals surface area contributed by atoms with Gasteiger partial charge in [-0.05, 0) is 57.9 Å². The van der Waals surface area contributed by atoms with E-state index in [-0.39, 0.29) is 30.6 Å². The highest BCUT2D eigenvalue weighted by molar-refractivity contribution is 5.73. The molecule has 8 heteroatoms. The Kier molecular flexibility index (Phi) is 5.53. The third kappa shape index (κ3) is 3.93. The van der Waals surface area contributed by atoms with E-state index >= 15 is 0 Å². The summed E-state index contributed by atoms with van der Waals surface area (Å²) in [6.45, 7) is 7.07. The fourth-order valence-corrected chi connectivity index (χ4v) is 5.13. The highest BCUT2D eigenvalue weighted by Gasteiger charge is 2.42. The van der Waals surface area contributed by atoms with Gasteiger partial charge in [0.25, 0.3) is 0 Å². The molecule has 0 bridgehead atoms. The number of alkyl halides is 3. The van der Waals surface area contributed by atoms with Crippen molar-refractivity contribution in [1.82, 2.24) is 19.5 Å². The van der Waals surface area contributed by atoms with Gasteiger partial charge in [-0.2, -0.15) is 18.3 Å². The minimum atomic E-state index is -4.10. The number of aromatic nitrogens is 3. The molecule has 2 aromatic rings. The van der Waals surface area contributed by atoms with Gasteiger partial charge in [0.1, 0.15) is 0 Å². The molecule has 2 aliphatic rings. The molecule has 1 aliphatic carbocycles. The number of piperidine rings is 1. The first-order valence-electron chi connectivity index (χ1n) is 10.8. The normalized spacial score (nSPS) is 25.7. The maximum atomic E-state index is 13.0. The van der Waals surface area contributed by atoms with Gasteiger partial charge in [0.05, 0.1) is 17.3 Å². The lowest BCUT2D eigenvalue weighted by atomic mass is 9.80. The monoisotopic (exact) mass is 422 g/mol. The van der Waals surface area contributed by atoms with Gasteiger partial charge >= 0.3 is 6.18 Å². The number of nitrogens with zero attached hydrogens (tertiary/aromatic N) is 4. The number of aryl methyl sites for hydroxylation is 1. The van der Waals surface area contributed by atoms with Crippen molar-refractivity contribution in [2.45, 2.75) is 77.3 Å². The van der Waals surface area contributed by atoms with Crippen LogP contribution in [-0.4, -0.2) is 44.7 Å². The lowest BCUT2D eigenvalue weighted by Crippen LogP contribution is -2.38. The molecule has 2 fully saturated rings. The van der Waals surface area contributed by atoms with Crippen LogP contribution in [0, 0.1) is 19.8 Å². The molecule has 1 saturated heterocycles. The third-order valence-electron chi connectivity index (χ3n) is 7.01. The number of hydrogen-bond donors (Lipinski definition) is 0. The number of amides is 1. The molecule has 0 N–H and O–H groups in total. The van der Waals surface area contributed by atoms with Crippen LogP contribution < -0.4 is 0 Å². The van der Waals surface area contributed by atoms with E-state index in [9.17, 15) is 18.0 Å². The van der Waals surface area contributed by atoms with Crippen molar-refractivity contribution in [3.63, 3.8) is 0 Å². The van der Waals surface area contributed by atoms with Crippen molar-refractivity contribution >= 4 is 11.6 Å². The number of rotatable bonds is 2. The second-order valence-electron chi connectivity index (χ2n) is 8.94. The lowest BCUT2D eigenvalue weighted by molar-refractivity contribution is -0.182. The van der Waals surface area contributed by atoms with Gasteiger partial charge in [0.15, 0.2) is 5.65 Å². The summed E-state index contributed by atoms with van der Waals surface area (Å²) in [6, 6.07) is 1.94. The van der Waals surface area contributed by atoms with Crippen LogP contribution in [0.1, 0.15) is 79.9 Å². The van der Waals surface area contributed by atoms with Crippen molar-refractivity contribution < 1.29 is 18.0 Å². The van der Waals surface area contributed by atoms with Gasteiger partial charge in [0.2, 0.25) is 5.91 Å². The molecule has 0 unspecified atom stereocenters. The van der Waals surface area contributed by atoms with Gasteiger partial charge in [-0.3, -0.25) is 4.79 Å². The summed E-state index contributed by atoms with van der Waals surface area (Å²) in [5.41, 5.74) is 4.69. The number of carbonyl (C=O) groups is 1. The average molecular weight is 422 g/mol. The largest absolute Gasteiger partial charge is 0.391 e. The van der Waals surface area contributed by atoms with Crippen LogP contribution in [0.3, 0.4) is 0 Å². The molecule has 164 valence electrons. The van der Waals surface area contributed by atoms with Gasteiger partial charge in [0, 0.05) is 43.6 Å². The maximum Gasteiger partial charge on any atom is 0.391 e. The van der Waals surface area contributed by atoms with Gasteiger partial charge < -0.3 is 4.90 Å². The van der Waals surface area contributed by atoms with Crippen LogP contribution in [0.25, 0.3) is 5.65 Å². The second-order valence-corrected chi connectivity index (χ2v) is 8.94. The van der Waals surface area contributed by atoms with Crippen LogP contribution in [0.15, 0.2) is 6.07 Å². The molecule has 0 spiro atoms. The zero-order chi connectivity index (χ0) is 21.6. The molecule has 30 heavy (non-hydrogen) atoms. The first-order chi connectivity index (χ1) is 14.1. The van der Waals surface area contributed by atoms with Crippen LogP contribution in [0.5, 0.6) is 0 Å². The SMILES string of the molecule is CC(=O)N1CCC[C@@H](c2c(C)c(C)nc3cc(C4CCC(C(F)(F)F)CC4)nn23)C1. The van der Waals surface area contributed by atoms with E-state index in [1.165, 1.54) is 0 Å². The Labute approximate surface area is 174 Å². The predicted octanol–water partition coefficient (Wildman–Crippen LogP) is 4.91. The predicted molar refractivity (Wildman–Crippen MR) is 107 cm³/mol. The average Bonchev–Trinajstić information content (AvgIpc) is 3.11. The first kappa shape index (κ1) is 21.1. The Morgan fingerprint density at radius 2 is 1.80 bits per heavy atom. The van der Waals surface area contributed by atoms with Crippen molar-refractivity contribution in [2.75, 3.05) is 13.1 Å². The van der Waals surface area contributed by atoms with Crippen LogP contribution in [0.4, 0.5) is 13.2 Å². The van der Waals surface area contributed by atoms with Gasteiger partial charge in [-0.1, -0.05) is 0 Å². The standard InChI is InChI=1S/C22H29F3N4O/c1-13-14(2)26-20-11-19(16-6-8-18(9-7-16)22(23,24)25)27-29(20)21(13)17-5-4-10-28(12-17)15(3)30/h11,16-18H,4-10,12H2,1-3H3/t16?,17-,18?/m1/s1. The third-order valence-corrected chi connectivity index (χ3v) is 7.01. The van der Waals surface area contributed by atoms with E-state index in [2.05, 4.69) is 0 Å². The molecule has 1 aliphatic heterocycles. The fourth-order valence-electron chi connectivity index (χ4n) is 5.13. The second kappa shape index (κ2) is 7.85. The highest BCUT2D eigenvalue weighted by Crippen LogP contribution is 2.43. The Morgan fingerprint density at radius 3 is 2.43 bits per heavy atom. The number of hydrogen-bond acceptors (Lipinski definition) is 3. The number of carbonyl (C=O) groups excluding carboxylic acids is 1. The zero-order valence-electron chi connectivity index (χ0n) is 17.8. The van der Waals surface area contributed by atoms with Gasteiger partial charge in [-0.15, -0.1) is 0 Å². The first-order valence-corrected chi connectivity index (χ1v) is 10.8. The van der Waals surface area contributed by atoms with E-state index < -0.39 is 12.1 Å². The molecule has 4 rings (SSSR count). The molecule has 0 radical (unpaired) electrons. The molecule has 2 aromatic heterocycles. The lowest BCUT2D eigenvalue weighted by Gasteiger charge is -2.33. The fraction of sp³-hybridized carbons (Fsp3) is 0.682. The minimum Gasteiger partial charge on any atom is -0.342 e. The Bertz CT molecular complexity index is 944. The zero-order valence-corrected chi connectivity index (χ0v) is 17.8. The van der Waals surface area contributed by atoms with E-state index in [0.29, 0.717) is 19.4 Å². The van der Waals surface area contributed by atoms with Crippen LogP contribution in [-0.2, 0) is 4.79 Å². The molecule has 0 aromatic carbocycles. The van der Waals surface area contributed by atoms with E-state index in [0.717, 1.165) is 47.7 Å². The van der Waals surface area contributed by atoms with E-state index in [4.69, 9.17) is 10.1 Å². The number of likely N-dealkylation sites (tertiary alicyclic amines) is 1. The summed E-state index contributed by atoms with van der Waals surface area (Å²) < 4.78 is 40.9. The molecule has 1 atom stereocenters. The van der Waals surface area contributed by atoms with Crippen molar-refractivity contribution in [3.8, 4) is 0 Å². The minimum absolute atomic E-state index is 0.0406. The summed E-state index contributed by atoms with van der Waals surface area (Å²) in [4.78, 5) is 18.5. The van der Waals surface area contributed by atoms with Crippen LogP contribution in [0.2, 0.25) is 0 Å². The maximum absolute atomic E-state index is 13.0. The highest BCUT2D eigenvalue weighted by atomic mass is 19.4. The molecule has 1 amide bonds. The Morgan fingerprint density at radius 1 is 1.10 bits per heavy atom.